The van der Waals surface area contributed by atoms with Crippen molar-refractivity contribution in [2.45, 2.75) is 13.3 Å². The molecule has 2 aromatic rings. The van der Waals surface area contributed by atoms with E-state index in [0.29, 0.717) is 12.5 Å². The van der Waals surface area contributed by atoms with Gasteiger partial charge in [0.15, 0.2) is 17.5 Å². The van der Waals surface area contributed by atoms with E-state index in [1.165, 1.54) is 18.2 Å². The van der Waals surface area contributed by atoms with Crippen LogP contribution in [0, 0.1) is 23.3 Å². The van der Waals surface area contributed by atoms with E-state index in [0.717, 1.165) is 17.0 Å². The maximum absolute atomic E-state index is 13.6. The van der Waals surface area contributed by atoms with E-state index < -0.39 is 47.3 Å². The van der Waals surface area contributed by atoms with Crippen LogP contribution in [-0.4, -0.2) is 29.8 Å². The number of carbonyl (C=O) groups excluding carboxylic acids is 2. The summed E-state index contributed by atoms with van der Waals surface area (Å²) in [5.41, 5.74) is -0.478. The van der Waals surface area contributed by atoms with E-state index in [2.05, 4.69) is 5.32 Å². The molecule has 0 aliphatic carbocycles. The third kappa shape index (κ3) is 4.59. The molecule has 2 amide bonds. The van der Waals surface area contributed by atoms with Gasteiger partial charge in [0.1, 0.15) is 12.4 Å². The van der Waals surface area contributed by atoms with Crippen LogP contribution in [0.15, 0.2) is 36.4 Å². The zero-order valence-electron chi connectivity index (χ0n) is 13.9. The van der Waals surface area contributed by atoms with Gasteiger partial charge in [-0.2, -0.15) is 0 Å². The molecule has 8 heteroatoms. The molecule has 0 saturated carbocycles. The number of amides is 2. The van der Waals surface area contributed by atoms with Crippen LogP contribution in [-0.2, 0) is 4.79 Å². The van der Waals surface area contributed by atoms with Gasteiger partial charge in [-0.1, -0.05) is 13.0 Å². The number of halogens is 4. The van der Waals surface area contributed by atoms with Gasteiger partial charge < -0.3 is 10.2 Å². The van der Waals surface area contributed by atoms with Gasteiger partial charge in [0.05, 0.1) is 5.69 Å². The molecular weight excluding hydrogens is 352 g/mol. The highest BCUT2D eigenvalue weighted by molar-refractivity contribution is 5.99. The Morgan fingerprint density at radius 2 is 1.77 bits per heavy atom. The first-order chi connectivity index (χ1) is 12.3. The van der Waals surface area contributed by atoms with Crippen LogP contribution in [0.4, 0.5) is 23.2 Å². The second-order valence-electron chi connectivity index (χ2n) is 5.51. The molecule has 0 radical (unpaired) electrons. The van der Waals surface area contributed by atoms with Gasteiger partial charge in [0.25, 0.3) is 5.91 Å². The molecule has 2 aromatic carbocycles. The van der Waals surface area contributed by atoms with Crippen LogP contribution in [0.25, 0.3) is 0 Å². The molecule has 0 aromatic heterocycles. The Hall–Kier alpha value is -2.90. The Kier molecular flexibility index (Phi) is 6.32. The number of carbonyl (C=O) groups is 2. The molecule has 0 saturated heterocycles. The summed E-state index contributed by atoms with van der Waals surface area (Å²) in [5.74, 6) is -6.59. The molecule has 1 N–H and O–H groups in total. The highest BCUT2D eigenvalue weighted by Gasteiger charge is 2.20. The Morgan fingerprint density at radius 3 is 2.42 bits per heavy atom. The summed E-state index contributed by atoms with van der Waals surface area (Å²) in [4.78, 5) is 25.7. The highest BCUT2D eigenvalue weighted by Crippen LogP contribution is 2.19. The van der Waals surface area contributed by atoms with Crippen molar-refractivity contribution in [2.24, 2.45) is 0 Å². The fourth-order valence-electron chi connectivity index (χ4n) is 2.31. The average Bonchev–Trinajstić information content (AvgIpc) is 2.61. The first-order valence-electron chi connectivity index (χ1n) is 7.81. The van der Waals surface area contributed by atoms with Crippen molar-refractivity contribution in [1.29, 1.82) is 0 Å². The summed E-state index contributed by atoms with van der Waals surface area (Å²) in [6.45, 7) is 1.52. The quantitative estimate of drug-likeness (QED) is 0.624. The van der Waals surface area contributed by atoms with Crippen LogP contribution in [0.3, 0.4) is 0 Å². The molecule has 0 fully saturated rings. The lowest BCUT2D eigenvalue weighted by atomic mass is 10.2. The SMILES string of the molecule is CCCN(CC(=O)Nc1ccc(F)c(F)c1F)C(=O)c1cccc(F)c1. The molecule has 0 atom stereocenters. The van der Waals surface area contributed by atoms with Crippen LogP contribution >= 0.6 is 0 Å². The molecule has 0 heterocycles. The van der Waals surface area contributed by atoms with Gasteiger partial charge >= 0.3 is 0 Å². The zero-order valence-corrected chi connectivity index (χ0v) is 13.9. The fraction of sp³-hybridized carbons (Fsp3) is 0.222. The van der Waals surface area contributed by atoms with Crippen molar-refractivity contribution in [1.82, 2.24) is 4.90 Å². The molecule has 26 heavy (non-hydrogen) atoms. The molecule has 138 valence electrons. The van der Waals surface area contributed by atoms with Crippen LogP contribution in [0.1, 0.15) is 23.7 Å². The molecule has 2 rings (SSSR count). The molecule has 0 bridgehead atoms. The molecule has 0 unspecified atom stereocenters. The monoisotopic (exact) mass is 368 g/mol. The standard InChI is InChI=1S/C18H16F4N2O2/c1-2-8-24(18(26)11-4-3-5-12(19)9-11)10-15(25)23-14-7-6-13(20)16(21)17(14)22/h3-7,9H,2,8,10H2,1H3,(H,23,25). The molecule has 0 aliphatic rings. The van der Waals surface area contributed by atoms with Gasteiger partial charge in [-0.25, -0.2) is 17.6 Å². The Bertz CT molecular complexity index is 827. The van der Waals surface area contributed by atoms with Gasteiger partial charge in [-0.3, -0.25) is 9.59 Å². The summed E-state index contributed by atoms with van der Waals surface area (Å²) in [6, 6.07) is 6.54. The van der Waals surface area contributed by atoms with E-state index >= 15 is 0 Å². The number of benzene rings is 2. The molecular formula is C18H16F4N2O2. The van der Waals surface area contributed by atoms with E-state index in [1.807, 2.05) is 0 Å². The number of nitrogens with zero attached hydrogens (tertiary/aromatic N) is 1. The summed E-state index contributed by atoms with van der Waals surface area (Å²) in [6.07, 6.45) is 0.522. The third-order valence-corrected chi connectivity index (χ3v) is 3.50. The van der Waals surface area contributed by atoms with E-state index in [-0.39, 0.29) is 12.1 Å². The number of hydrogen-bond acceptors (Lipinski definition) is 2. The highest BCUT2D eigenvalue weighted by atomic mass is 19.2. The lowest BCUT2D eigenvalue weighted by molar-refractivity contribution is -0.116. The predicted octanol–water partition coefficient (Wildman–Crippen LogP) is 3.73. The lowest BCUT2D eigenvalue weighted by Crippen LogP contribution is -2.38. The van der Waals surface area contributed by atoms with Gasteiger partial charge in [-0.15, -0.1) is 0 Å². The summed E-state index contributed by atoms with van der Waals surface area (Å²) < 4.78 is 53.0. The minimum atomic E-state index is -1.70. The van der Waals surface area contributed by atoms with Crippen molar-refractivity contribution < 1.29 is 27.2 Å². The van der Waals surface area contributed by atoms with Crippen LogP contribution in [0.2, 0.25) is 0 Å². The Morgan fingerprint density at radius 1 is 1.04 bits per heavy atom. The van der Waals surface area contributed by atoms with Gasteiger partial charge in [-0.05, 0) is 36.8 Å². The van der Waals surface area contributed by atoms with Crippen molar-refractivity contribution in [3.8, 4) is 0 Å². The van der Waals surface area contributed by atoms with E-state index in [1.54, 1.807) is 6.92 Å². The van der Waals surface area contributed by atoms with Crippen molar-refractivity contribution in [2.75, 3.05) is 18.4 Å². The minimum absolute atomic E-state index is 0.0604. The number of anilines is 1. The Balaban J connectivity index is 2.13. The first-order valence-corrected chi connectivity index (χ1v) is 7.81. The number of rotatable bonds is 6. The minimum Gasteiger partial charge on any atom is -0.329 e. The first kappa shape index (κ1) is 19.4. The second kappa shape index (κ2) is 8.46. The fourth-order valence-corrected chi connectivity index (χ4v) is 2.31. The Labute approximate surface area is 147 Å². The maximum Gasteiger partial charge on any atom is 0.254 e. The normalized spacial score (nSPS) is 10.5. The van der Waals surface area contributed by atoms with Crippen molar-refractivity contribution >= 4 is 17.5 Å². The molecule has 4 nitrogen and oxygen atoms in total. The number of nitrogens with one attached hydrogen (secondary N) is 1. The third-order valence-electron chi connectivity index (χ3n) is 3.50. The number of hydrogen-bond donors (Lipinski definition) is 1. The van der Waals surface area contributed by atoms with E-state index in [4.69, 9.17) is 0 Å². The van der Waals surface area contributed by atoms with Crippen molar-refractivity contribution in [3.63, 3.8) is 0 Å². The van der Waals surface area contributed by atoms with Gasteiger partial charge in [0.2, 0.25) is 5.91 Å². The van der Waals surface area contributed by atoms with E-state index in [9.17, 15) is 27.2 Å². The summed E-state index contributed by atoms with van der Waals surface area (Å²) >= 11 is 0. The van der Waals surface area contributed by atoms with Crippen LogP contribution < -0.4 is 5.32 Å². The molecule has 0 aliphatic heterocycles. The smallest absolute Gasteiger partial charge is 0.254 e. The van der Waals surface area contributed by atoms with Gasteiger partial charge in [0, 0.05) is 12.1 Å². The lowest BCUT2D eigenvalue weighted by Gasteiger charge is -2.22. The summed E-state index contributed by atoms with van der Waals surface area (Å²) in [7, 11) is 0. The predicted molar refractivity (Wildman–Crippen MR) is 87.5 cm³/mol. The average molecular weight is 368 g/mol. The topological polar surface area (TPSA) is 49.4 Å². The van der Waals surface area contributed by atoms with Crippen LogP contribution in [0.5, 0.6) is 0 Å². The maximum atomic E-state index is 13.6. The largest absolute Gasteiger partial charge is 0.329 e. The zero-order chi connectivity index (χ0) is 19.3. The summed E-state index contributed by atoms with van der Waals surface area (Å²) in [5, 5.41) is 2.10. The molecule has 0 spiro atoms. The van der Waals surface area contributed by atoms with Crippen molar-refractivity contribution in [3.05, 3.63) is 65.2 Å². The second-order valence-corrected chi connectivity index (χ2v) is 5.51.